The van der Waals surface area contributed by atoms with E-state index in [1.54, 1.807) is 12.3 Å². The molecular weight excluding hydrogens is 725 g/mol. The summed E-state index contributed by atoms with van der Waals surface area (Å²) in [6, 6.07) is 0. The Hall–Kier alpha value is -2.52. The van der Waals surface area contributed by atoms with Crippen LogP contribution < -0.4 is 0 Å². The van der Waals surface area contributed by atoms with Crippen LogP contribution in [0.15, 0.2) is 85.3 Å². The van der Waals surface area contributed by atoms with Crippen LogP contribution in [0.2, 0.25) is 0 Å². The molecule has 2 unspecified atom stereocenters. The smallest absolute Gasteiger partial charge is 0.472 e. The van der Waals surface area contributed by atoms with Crippen LogP contribution in [0.25, 0.3) is 0 Å². The summed E-state index contributed by atoms with van der Waals surface area (Å²) >= 11 is 0. The van der Waals surface area contributed by atoms with Gasteiger partial charge in [0.25, 0.3) is 0 Å². The lowest BCUT2D eigenvalue weighted by molar-refractivity contribution is -0.870. The molecule has 0 aliphatic heterocycles. The minimum absolute atomic E-state index is 0.0682. The van der Waals surface area contributed by atoms with Crippen molar-refractivity contribution in [1.82, 2.24) is 0 Å². The lowest BCUT2D eigenvalue weighted by atomic mass is 10.0. The Morgan fingerprint density at radius 1 is 0.679 bits per heavy atom. The highest BCUT2D eigenvalue weighted by Crippen LogP contribution is 2.43. The van der Waals surface area contributed by atoms with E-state index in [1.165, 1.54) is 70.6 Å². The van der Waals surface area contributed by atoms with E-state index >= 15 is 0 Å². The van der Waals surface area contributed by atoms with Crippen molar-refractivity contribution < 1.29 is 42.4 Å². The van der Waals surface area contributed by atoms with Crippen LogP contribution in [0.1, 0.15) is 142 Å². The summed E-state index contributed by atoms with van der Waals surface area (Å²) in [6.07, 6.45) is 47.8. The van der Waals surface area contributed by atoms with E-state index in [1.807, 2.05) is 57.6 Å². The van der Waals surface area contributed by atoms with Gasteiger partial charge in [0.1, 0.15) is 19.8 Å². The summed E-state index contributed by atoms with van der Waals surface area (Å²) < 4.78 is 34.6. The Morgan fingerprint density at radius 2 is 1.27 bits per heavy atom. The first kappa shape index (κ1) is 53.5. The molecule has 0 saturated heterocycles. The molecule has 0 aliphatic rings. The van der Waals surface area contributed by atoms with E-state index in [4.69, 9.17) is 18.5 Å². The van der Waals surface area contributed by atoms with Gasteiger partial charge in [0.05, 0.1) is 40.1 Å². The third kappa shape index (κ3) is 41.1. The third-order valence-electron chi connectivity index (χ3n) is 8.65. The van der Waals surface area contributed by atoms with Crippen molar-refractivity contribution >= 4 is 13.8 Å². The van der Waals surface area contributed by atoms with Crippen LogP contribution in [0.4, 0.5) is 0 Å². The van der Waals surface area contributed by atoms with Gasteiger partial charge in [-0.25, -0.2) is 4.57 Å². The summed E-state index contributed by atoms with van der Waals surface area (Å²) in [5.74, 6) is -0.374. The Bertz CT molecular complexity index is 1180. The van der Waals surface area contributed by atoms with E-state index in [-0.39, 0.29) is 32.2 Å². The average Bonchev–Trinajstić information content (AvgIpc) is 3.15. The minimum atomic E-state index is -4.29. The Balaban J connectivity index is 4.47. The van der Waals surface area contributed by atoms with Crippen LogP contribution in [0, 0.1) is 0 Å². The molecule has 56 heavy (non-hydrogen) atoms. The molecule has 0 fully saturated rings. The molecule has 0 aliphatic carbocycles. The number of carbonyl (C=O) groups is 1. The number of nitrogens with zero attached hydrogens (tertiary/aromatic N) is 1. The van der Waals surface area contributed by atoms with Gasteiger partial charge in [0.15, 0.2) is 6.10 Å². The standard InChI is InChI=1S/C46H80NO8P/c1-6-8-10-11-12-13-14-15-19-22-25-28-31-35-40-52-45(43-55-56(50,51)54-41-39-47(3,4)5)42-53-46(49)38-34-30-27-24-21-18-16-17-20-23-26-29-33-37-44(48)36-32-9-7-2/h9,17-18,20-21,26-27,29-30,32-33,35,37,40,44-45,48H,6-8,10-16,19,22-25,28,31,34,36,38-39,41-43H2,1-5H3/p+1/b20-17-,21-18-,29-26+,30-27-,32-9-,37-33+,40-35+/t44?,45-/m1/s1. The molecule has 0 saturated carbocycles. The van der Waals surface area contributed by atoms with E-state index < -0.39 is 20.0 Å². The van der Waals surface area contributed by atoms with Gasteiger partial charge < -0.3 is 24.0 Å². The zero-order chi connectivity index (χ0) is 41.4. The number of hydrogen-bond acceptors (Lipinski definition) is 7. The van der Waals surface area contributed by atoms with Gasteiger partial charge >= 0.3 is 13.8 Å². The molecular formula is C46H81NO8P+. The van der Waals surface area contributed by atoms with E-state index in [0.717, 1.165) is 38.5 Å². The highest BCUT2D eigenvalue weighted by molar-refractivity contribution is 7.47. The predicted molar refractivity (Wildman–Crippen MR) is 234 cm³/mol. The number of hydrogen-bond donors (Lipinski definition) is 2. The molecule has 0 aromatic carbocycles. The number of rotatable bonds is 38. The molecule has 9 nitrogen and oxygen atoms in total. The molecule has 0 bridgehead atoms. The third-order valence-corrected chi connectivity index (χ3v) is 9.64. The second-order valence-corrected chi connectivity index (χ2v) is 16.7. The predicted octanol–water partition coefficient (Wildman–Crippen LogP) is 11.8. The normalized spacial score (nSPS) is 15.1. The monoisotopic (exact) mass is 807 g/mol. The molecule has 0 aromatic heterocycles. The molecule has 0 radical (unpaired) electrons. The fraction of sp³-hybridized carbons (Fsp3) is 0.674. The van der Waals surface area contributed by atoms with Crippen LogP contribution in [0.3, 0.4) is 0 Å². The molecule has 0 rings (SSSR count). The fourth-order valence-electron chi connectivity index (χ4n) is 5.23. The first-order valence-corrected chi connectivity index (χ1v) is 23.0. The van der Waals surface area contributed by atoms with Crippen molar-refractivity contribution in [2.45, 2.75) is 154 Å². The fourth-order valence-corrected chi connectivity index (χ4v) is 5.98. The summed E-state index contributed by atoms with van der Waals surface area (Å²) in [4.78, 5) is 22.6. The van der Waals surface area contributed by atoms with Crippen LogP contribution in [0.5, 0.6) is 0 Å². The maximum atomic E-state index is 12.5. The van der Waals surface area contributed by atoms with Crippen molar-refractivity contribution in [3.8, 4) is 0 Å². The molecule has 0 amide bonds. The molecule has 0 heterocycles. The second-order valence-electron chi connectivity index (χ2n) is 15.3. The number of quaternary nitrogens is 1. The minimum Gasteiger partial charge on any atom is -0.492 e. The van der Waals surface area contributed by atoms with Crippen LogP contribution >= 0.6 is 7.82 Å². The highest BCUT2D eigenvalue weighted by Gasteiger charge is 2.25. The number of esters is 1. The van der Waals surface area contributed by atoms with Crippen LogP contribution in [-0.4, -0.2) is 80.2 Å². The number of phosphoric acid groups is 1. The number of carbonyl (C=O) groups excluding carboxylic acids is 1. The topological polar surface area (TPSA) is 112 Å². The molecule has 0 aromatic rings. The van der Waals surface area contributed by atoms with Gasteiger partial charge in [-0.1, -0.05) is 157 Å². The number of likely N-dealkylation sites (N-methyl/N-ethyl adjacent to an activating group) is 1. The molecule has 0 spiro atoms. The molecule has 2 N–H and O–H groups in total. The molecule has 3 atom stereocenters. The quantitative estimate of drug-likeness (QED) is 0.0121. The molecule has 10 heteroatoms. The van der Waals surface area contributed by atoms with Crippen molar-refractivity contribution in [3.05, 3.63) is 85.3 Å². The number of phosphoric ester groups is 1. The first-order valence-electron chi connectivity index (χ1n) is 21.5. The van der Waals surface area contributed by atoms with Crippen molar-refractivity contribution in [2.75, 3.05) is 47.5 Å². The van der Waals surface area contributed by atoms with Gasteiger partial charge in [-0.2, -0.15) is 0 Å². The van der Waals surface area contributed by atoms with Crippen molar-refractivity contribution in [2.24, 2.45) is 0 Å². The van der Waals surface area contributed by atoms with E-state index in [2.05, 4.69) is 50.3 Å². The number of aliphatic hydroxyl groups is 1. The zero-order valence-electron chi connectivity index (χ0n) is 35.9. The summed E-state index contributed by atoms with van der Waals surface area (Å²) in [5.41, 5.74) is 0. The summed E-state index contributed by atoms with van der Waals surface area (Å²) in [6.45, 7) is 4.58. The van der Waals surface area contributed by atoms with Crippen molar-refractivity contribution in [1.29, 1.82) is 0 Å². The summed E-state index contributed by atoms with van der Waals surface area (Å²) in [5, 5.41) is 9.84. The number of allylic oxidation sites excluding steroid dienone is 11. The SMILES string of the molecule is CC/C=C\CC(O)/C=C/C=C/C/C=C\C/C=C\C/C=C\CCC(=O)OC[C@H](COP(=O)(O)OCC[N+](C)(C)C)O/C=C/CCCCCCCCCCCCCC. The summed E-state index contributed by atoms with van der Waals surface area (Å²) in [7, 11) is 1.60. The van der Waals surface area contributed by atoms with E-state index in [0.29, 0.717) is 23.9 Å². The maximum absolute atomic E-state index is 12.5. The average molecular weight is 807 g/mol. The Kier molecular flexibility index (Phi) is 36.3. The number of unbranched alkanes of at least 4 members (excludes halogenated alkanes) is 12. The largest absolute Gasteiger partial charge is 0.492 e. The highest BCUT2D eigenvalue weighted by atomic mass is 31.2. The lowest BCUT2D eigenvalue weighted by Crippen LogP contribution is -2.37. The van der Waals surface area contributed by atoms with Gasteiger partial charge in [-0.05, 0) is 57.4 Å². The molecule has 322 valence electrons. The Labute approximate surface area is 342 Å². The van der Waals surface area contributed by atoms with Crippen molar-refractivity contribution in [3.63, 3.8) is 0 Å². The van der Waals surface area contributed by atoms with E-state index in [9.17, 15) is 19.4 Å². The second kappa shape index (κ2) is 38.0. The Morgan fingerprint density at radius 3 is 1.88 bits per heavy atom. The number of aliphatic hydroxyl groups excluding tert-OH is 1. The van der Waals surface area contributed by atoms with Crippen LogP contribution in [-0.2, 0) is 27.9 Å². The maximum Gasteiger partial charge on any atom is 0.472 e. The van der Waals surface area contributed by atoms with Gasteiger partial charge in [0.2, 0.25) is 0 Å². The zero-order valence-corrected chi connectivity index (χ0v) is 36.8. The van der Waals surface area contributed by atoms with Gasteiger partial charge in [-0.15, -0.1) is 0 Å². The first-order chi connectivity index (χ1) is 27.0. The van der Waals surface area contributed by atoms with Gasteiger partial charge in [-0.3, -0.25) is 13.8 Å². The number of ether oxygens (including phenoxy) is 2. The van der Waals surface area contributed by atoms with Gasteiger partial charge in [0, 0.05) is 6.42 Å². The lowest BCUT2D eigenvalue weighted by Gasteiger charge is -2.24.